The lowest BCUT2D eigenvalue weighted by Crippen LogP contribution is -2.43. The molecule has 0 spiro atoms. The van der Waals surface area contributed by atoms with Crippen molar-refractivity contribution in [1.82, 2.24) is 10.2 Å². The first kappa shape index (κ1) is 17.6. The molecule has 2 fully saturated rings. The number of nitrogens with one attached hydrogen (secondary N) is 1. The van der Waals surface area contributed by atoms with E-state index in [9.17, 15) is 9.59 Å². The first-order valence-electron chi connectivity index (χ1n) is 8.73. The van der Waals surface area contributed by atoms with Gasteiger partial charge in [0.15, 0.2) is 0 Å². The molecule has 1 saturated heterocycles. The lowest BCUT2D eigenvalue weighted by atomic mass is 10.2. The predicted octanol–water partition coefficient (Wildman–Crippen LogP) is 3.17. The van der Waals surface area contributed by atoms with E-state index in [1.165, 1.54) is 0 Å². The maximum Gasteiger partial charge on any atom is 0.410 e. The van der Waals surface area contributed by atoms with Gasteiger partial charge in [0.2, 0.25) is 0 Å². The average molecular weight is 346 g/mol. The maximum atomic E-state index is 12.3. The molecular weight excluding hydrogens is 320 g/mol. The quantitative estimate of drug-likeness (QED) is 0.913. The summed E-state index contributed by atoms with van der Waals surface area (Å²) >= 11 is 0. The number of likely N-dealkylation sites (tertiary alicyclic amines) is 1. The monoisotopic (exact) mass is 346 g/mol. The molecule has 6 nitrogen and oxygen atoms in total. The number of ether oxygens (including phenoxy) is 2. The van der Waals surface area contributed by atoms with Gasteiger partial charge in [-0.2, -0.15) is 0 Å². The Labute approximate surface area is 148 Å². The average Bonchev–Trinajstić information content (AvgIpc) is 3.07. The summed E-state index contributed by atoms with van der Waals surface area (Å²) in [6.45, 7) is 8.41. The molecule has 2 aliphatic rings. The highest BCUT2D eigenvalue weighted by Gasteiger charge is 2.62. The molecule has 25 heavy (non-hydrogen) atoms. The Morgan fingerprint density at radius 2 is 1.92 bits per heavy atom. The van der Waals surface area contributed by atoms with Crippen LogP contribution in [0.5, 0.6) is 0 Å². The van der Waals surface area contributed by atoms with E-state index in [0.29, 0.717) is 6.54 Å². The molecule has 6 heteroatoms. The van der Waals surface area contributed by atoms with Crippen LogP contribution in [-0.2, 0) is 16.1 Å². The van der Waals surface area contributed by atoms with E-state index in [2.05, 4.69) is 5.32 Å². The SMILES string of the molecule is CC1C2C(CN1C(=O)OCc1ccccc1)C2NC(=O)OC(C)(C)C. The second-order valence-corrected chi connectivity index (χ2v) is 7.85. The molecule has 1 aromatic rings. The van der Waals surface area contributed by atoms with Crippen molar-refractivity contribution in [3.8, 4) is 0 Å². The molecule has 0 bridgehead atoms. The van der Waals surface area contributed by atoms with Crippen LogP contribution in [0.1, 0.15) is 33.3 Å². The van der Waals surface area contributed by atoms with Gasteiger partial charge in [0.25, 0.3) is 0 Å². The second-order valence-electron chi connectivity index (χ2n) is 7.85. The first-order chi connectivity index (χ1) is 11.8. The van der Waals surface area contributed by atoms with Gasteiger partial charge in [-0.25, -0.2) is 9.59 Å². The van der Waals surface area contributed by atoms with Crippen LogP contribution in [0, 0.1) is 11.8 Å². The van der Waals surface area contributed by atoms with Gasteiger partial charge in [-0.3, -0.25) is 0 Å². The number of amides is 2. The Morgan fingerprint density at radius 3 is 2.48 bits per heavy atom. The van der Waals surface area contributed by atoms with Crippen LogP contribution in [0.25, 0.3) is 0 Å². The van der Waals surface area contributed by atoms with Gasteiger partial charge in [0.05, 0.1) is 0 Å². The lowest BCUT2D eigenvalue weighted by Gasteiger charge is -2.26. The number of hydrogen-bond donors (Lipinski definition) is 1. The highest BCUT2D eigenvalue weighted by Crippen LogP contribution is 2.49. The van der Waals surface area contributed by atoms with Crippen molar-refractivity contribution in [2.75, 3.05) is 6.54 Å². The van der Waals surface area contributed by atoms with Crippen LogP contribution < -0.4 is 5.32 Å². The van der Waals surface area contributed by atoms with Crippen molar-refractivity contribution in [3.63, 3.8) is 0 Å². The minimum Gasteiger partial charge on any atom is -0.445 e. The van der Waals surface area contributed by atoms with Crippen LogP contribution in [0.4, 0.5) is 9.59 Å². The summed E-state index contributed by atoms with van der Waals surface area (Å²) < 4.78 is 10.7. The van der Waals surface area contributed by atoms with Crippen LogP contribution >= 0.6 is 0 Å². The van der Waals surface area contributed by atoms with Gasteiger partial charge in [-0.1, -0.05) is 30.3 Å². The molecule has 136 valence electrons. The number of rotatable bonds is 3. The smallest absolute Gasteiger partial charge is 0.410 e. The van der Waals surface area contributed by atoms with Gasteiger partial charge in [0.1, 0.15) is 12.2 Å². The third-order valence-corrected chi connectivity index (χ3v) is 4.81. The second kappa shape index (κ2) is 6.58. The van der Waals surface area contributed by atoms with E-state index in [1.54, 1.807) is 4.90 Å². The number of alkyl carbamates (subject to hydrolysis) is 1. The fourth-order valence-corrected chi connectivity index (χ4v) is 3.58. The minimum absolute atomic E-state index is 0.0493. The molecular formula is C19H26N2O4. The van der Waals surface area contributed by atoms with Crippen molar-refractivity contribution in [3.05, 3.63) is 35.9 Å². The highest BCUT2D eigenvalue weighted by molar-refractivity contribution is 5.71. The van der Waals surface area contributed by atoms with E-state index in [0.717, 1.165) is 5.56 Å². The summed E-state index contributed by atoms with van der Waals surface area (Å²) in [4.78, 5) is 25.9. The third-order valence-electron chi connectivity index (χ3n) is 4.81. The Balaban J connectivity index is 1.46. The zero-order chi connectivity index (χ0) is 18.2. The first-order valence-corrected chi connectivity index (χ1v) is 8.73. The van der Waals surface area contributed by atoms with E-state index in [4.69, 9.17) is 9.47 Å². The van der Waals surface area contributed by atoms with Crippen molar-refractivity contribution in [1.29, 1.82) is 0 Å². The van der Waals surface area contributed by atoms with Crippen LogP contribution in [0.15, 0.2) is 30.3 Å². The molecule has 0 radical (unpaired) electrons. The normalized spacial score (nSPS) is 27.4. The van der Waals surface area contributed by atoms with E-state index >= 15 is 0 Å². The fourth-order valence-electron chi connectivity index (χ4n) is 3.58. The maximum absolute atomic E-state index is 12.3. The number of hydrogen-bond acceptors (Lipinski definition) is 4. The lowest BCUT2D eigenvalue weighted by molar-refractivity contribution is 0.0507. The number of nitrogens with zero attached hydrogens (tertiary/aromatic N) is 1. The zero-order valence-corrected chi connectivity index (χ0v) is 15.2. The van der Waals surface area contributed by atoms with Crippen molar-refractivity contribution in [2.24, 2.45) is 11.8 Å². The number of benzene rings is 1. The molecule has 3 rings (SSSR count). The largest absolute Gasteiger partial charge is 0.445 e. The Kier molecular flexibility index (Phi) is 4.62. The molecule has 1 N–H and O–H groups in total. The topological polar surface area (TPSA) is 67.9 Å². The van der Waals surface area contributed by atoms with Gasteiger partial charge in [-0.15, -0.1) is 0 Å². The molecule has 1 aromatic carbocycles. The van der Waals surface area contributed by atoms with E-state index < -0.39 is 11.7 Å². The van der Waals surface area contributed by atoms with Crippen molar-refractivity contribution in [2.45, 2.75) is 52.0 Å². The molecule has 0 aromatic heterocycles. The molecule has 4 unspecified atom stereocenters. The zero-order valence-electron chi connectivity index (χ0n) is 15.2. The number of carbonyl (C=O) groups excluding carboxylic acids is 2. The minimum atomic E-state index is -0.507. The van der Waals surface area contributed by atoms with Gasteiger partial charge in [-0.05, 0) is 33.3 Å². The van der Waals surface area contributed by atoms with E-state index in [-0.39, 0.29) is 36.6 Å². The summed E-state index contributed by atoms with van der Waals surface area (Å²) in [6, 6.07) is 9.77. The summed E-state index contributed by atoms with van der Waals surface area (Å²) in [5, 5.41) is 2.92. The molecule has 1 heterocycles. The summed E-state index contributed by atoms with van der Waals surface area (Å²) in [7, 11) is 0. The number of fused-ring (bicyclic) bond motifs is 1. The van der Waals surface area contributed by atoms with Gasteiger partial charge >= 0.3 is 12.2 Å². The van der Waals surface area contributed by atoms with Crippen LogP contribution in [0.3, 0.4) is 0 Å². The Bertz CT molecular complexity index is 641. The van der Waals surface area contributed by atoms with Gasteiger partial charge < -0.3 is 19.7 Å². The summed E-state index contributed by atoms with van der Waals surface area (Å²) in [6.07, 6.45) is -0.683. The van der Waals surface area contributed by atoms with Crippen LogP contribution in [0.2, 0.25) is 0 Å². The summed E-state index contributed by atoms with van der Waals surface area (Å²) in [5.74, 6) is 0.559. The number of carbonyl (C=O) groups is 2. The molecule has 1 aliphatic heterocycles. The Morgan fingerprint density at radius 1 is 1.24 bits per heavy atom. The molecule has 2 amide bonds. The van der Waals surface area contributed by atoms with E-state index in [1.807, 2.05) is 58.0 Å². The third kappa shape index (κ3) is 4.06. The van der Waals surface area contributed by atoms with Crippen molar-refractivity contribution < 1.29 is 19.1 Å². The molecule has 1 saturated carbocycles. The predicted molar refractivity (Wildman–Crippen MR) is 92.9 cm³/mol. The fraction of sp³-hybridized carbons (Fsp3) is 0.579. The van der Waals surface area contributed by atoms with Crippen LogP contribution in [-0.4, -0.2) is 41.3 Å². The Hall–Kier alpha value is -2.24. The van der Waals surface area contributed by atoms with Gasteiger partial charge in [0, 0.05) is 30.5 Å². The highest BCUT2D eigenvalue weighted by atomic mass is 16.6. The summed E-state index contributed by atoms with van der Waals surface area (Å²) in [5.41, 5.74) is 0.463. The standard InChI is InChI=1S/C19H26N2O4/c1-12-15-14(16(15)20-17(22)25-19(2,3)4)10-21(12)18(23)24-11-13-8-6-5-7-9-13/h5-9,12,14-16H,10-11H2,1-4H3,(H,20,22). The molecule has 4 atom stereocenters. The number of piperidine rings is 1. The van der Waals surface area contributed by atoms with Crippen molar-refractivity contribution >= 4 is 12.2 Å². The molecule has 1 aliphatic carbocycles.